The minimum absolute atomic E-state index is 0.130. The third kappa shape index (κ3) is 5.75. The van der Waals surface area contributed by atoms with Crippen LogP contribution in [0.2, 0.25) is 0 Å². The zero-order valence-electron chi connectivity index (χ0n) is 17.2. The van der Waals surface area contributed by atoms with Crippen LogP contribution in [0.4, 0.5) is 5.69 Å². The van der Waals surface area contributed by atoms with Crippen LogP contribution in [0.25, 0.3) is 0 Å². The Labute approximate surface area is 188 Å². The second-order valence-corrected chi connectivity index (χ2v) is 9.45. The summed E-state index contributed by atoms with van der Waals surface area (Å²) in [6.45, 7) is 2.12. The Morgan fingerprint density at radius 1 is 0.935 bits per heavy atom. The minimum atomic E-state index is -3.64. The number of thiocarbonyl (C=S) groups is 1. The third-order valence-corrected chi connectivity index (χ3v) is 6.71. The van der Waals surface area contributed by atoms with Gasteiger partial charge in [-0.2, -0.15) is 4.31 Å². The van der Waals surface area contributed by atoms with Gasteiger partial charge in [-0.15, -0.1) is 0 Å². The SMILES string of the molecule is Cc1ccccc1C(=O)NC(=S)Nc1ccc(S(=O)(=O)N(C)Cc2ccccc2)cc1. The summed E-state index contributed by atoms with van der Waals surface area (Å²) in [5.74, 6) is -0.308. The van der Waals surface area contributed by atoms with Gasteiger partial charge in [0.25, 0.3) is 5.91 Å². The van der Waals surface area contributed by atoms with Gasteiger partial charge >= 0.3 is 0 Å². The van der Waals surface area contributed by atoms with Crippen LogP contribution < -0.4 is 10.6 Å². The van der Waals surface area contributed by atoms with Crippen molar-refractivity contribution in [1.29, 1.82) is 0 Å². The molecule has 6 nitrogen and oxygen atoms in total. The fourth-order valence-electron chi connectivity index (χ4n) is 2.98. The molecule has 31 heavy (non-hydrogen) atoms. The number of carbonyl (C=O) groups is 1. The summed E-state index contributed by atoms with van der Waals surface area (Å²) in [7, 11) is -2.09. The maximum atomic E-state index is 12.8. The lowest BCUT2D eigenvalue weighted by Crippen LogP contribution is -2.34. The van der Waals surface area contributed by atoms with Crippen molar-refractivity contribution in [3.63, 3.8) is 0 Å². The largest absolute Gasteiger partial charge is 0.332 e. The normalized spacial score (nSPS) is 11.2. The molecule has 0 saturated heterocycles. The highest BCUT2D eigenvalue weighted by molar-refractivity contribution is 7.89. The minimum Gasteiger partial charge on any atom is -0.332 e. The molecule has 8 heteroatoms. The highest BCUT2D eigenvalue weighted by Crippen LogP contribution is 2.19. The molecule has 0 spiro atoms. The van der Waals surface area contributed by atoms with Crippen LogP contribution in [-0.4, -0.2) is 30.8 Å². The average molecular weight is 454 g/mol. The summed E-state index contributed by atoms with van der Waals surface area (Å²) in [5, 5.41) is 5.66. The summed E-state index contributed by atoms with van der Waals surface area (Å²) >= 11 is 5.21. The van der Waals surface area contributed by atoms with Crippen molar-refractivity contribution in [1.82, 2.24) is 9.62 Å². The van der Waals surface area contributed by atoms with E-state index in [9.17, 15) is 13.2 Å². The Kier molecular flexibility index (Phi) is 7.17. The van der Waals surface area contributed by atoms with Crippen molar-refractivity contribution in [3.8, 4) is 0 Å². The van der Waals surface area contributed by atoms with Crippen molar-refractivity contribution in [3.05, 3.63) is 95.6 Å². The predicted octanol–water partition coefficient (Wildman–Crippen LogP) is 3.94. The first-order valence-corrected chi connectivity index (χ1v) is 11.4. The van der Waals surface area contributed by atoms with Crippen LogP contribution >= 0.6 is 12.2 Å². The van der Waals surface area contributed by atoms with Crippen molar-refractivity contribution < 1.29 is 13.2 Å². The maximum absolute atomic E-state index is 12.8. The lowest BCUT2D eigenvalue weighted by atomic mass is 10.1. The van der Waals surface area contributed by atoms with Gasteiger partial charge < -0.3 is 5.32 Å². The number of hydrogen-bond donors (Lipinski definition) is 2. The summed E-state index contributed by atoms with van der Waals surface area (Å²) < 4.78 is 27.0. The molecule has 0 fully saturated rings. The Hall–Kier alpha value is -3.07. The van der Waals surface area contributed by atoms with Crippen LogP contribution in [0, 0.1) is 6.92 Å². The number of anilines is 1. The number of amides is 1. The number of rotatable bonds is 6. The third-order valence-electron chi connectivity index (χ3n) is 4.69. The molecule has 1 amide bonds. The molecule has 0 aromatic heterocycles. The molecule has 160 valence electrons. The zero-order chi connectivity index (χ0) is 22.4. The van der Waals surface area contributed by atoms with Crippen molar-refractivity contribution in [2.24, 2.45) is 0 Å². The second-order valence-electron chi connectivity index (χ2n) is 6.99. The molecule has 3 aromatic rings. The van der Waals surface area contributed by atoms with Gasteiger partial charge in [0.1, 0.15) is 0 Å². The van der Waals surface area contributed by atoms with Gasteiger partial charge in [0.05, 0.1) is 4.90 Å². The van der Waals surface area contributed by atoms with E-state index in [1.54, 1.807) is 31.3 Å². The standard InChI is InChI=1S/C23H23N3O3S2/c1-17-8-6-7-11-21(17)22(27)25-23(30)24-19-12-14-20(15-13-19)31(28,29)26(2)16-18-9-4-3-5-10-18/h3-15H,16H2,1-2H3,(H2,24,25,27,30). The summed E-state index contributed by atoms with van der Waals surface area (Å²) in [6, 6.07) is 22.8. The smallest absolute Gasteiger partial charge is 0.257 e. The molecule has 0 atom stereocenters. The lowest BCUT2D eigenvalue weighted by molar-refractivity contribution is 0.0977. The van der Waals surface area contributed by atoms with Crippen LogP contribution in [0.15, 0.2) is 83.8 Å². The molecule has 0 aliphatic carbocycles. The van der Waals surface area contributed by atoms with Crippen LogP contribution in [0.1, 0.15) is 21.5 Å². The number of hydrogen-bond acceptors (Lipinski definition) is 4. The highest BCUT2D eigenvalue weighted by Gasteiger charge is 2.21. The summed E-state index contributed by atoms with van der Waals surface area (Å²) in [5.41, 5.74) is 2.85. The van der Waals surface area contributed by atoms with E-state index in [4.69, 9.17) is 12.2 Å². The molecule has 0 saturated carbocycles. The molecular formula is C23H23N3O3S2. The van der Waals surface area contributed by atoms with E-state index in [0.717, 1.165) is 11.1 Å². The molecule has 3 rings (SSSR count). The number of benzene rings is 3. The van der Waals surface area contributed by atoms with Gasteiger partial charge in [-0.25, -0.2) is 8.42 Å². The van der Waals surface area contributed by atoms with E-state index < -0.39 is 10.0 Å². The molecule has 0 heterocycles. The maximum Gasteiger partial charge on any atom is 0.257 e. The molecule has 3 aromatic carbocycles. The van der Waals surface area contributed by atoms with Crippen LogP contribution in [0.3, 0.4) is 0 Å². The first-order chi connectivity index (χ1) is 14.8. The van der Waals surface area contributed by atoms with Gasteiger partial charge in [-0.1, -0.05) is 48.5 Å². The summed E-state index contributed by atoms with van der Waals surface area (Å²) in [4.78, 5) is 12.5. The molecule has 0 aliphatic heterocycles. The molecule has 0 radical (unpaired) electrons. The molecule has 0 unspecified atom stereocenters. The predicted molar refractivity (Wildman–Crippen MR) is 126 cm³/mol. The topological polar surface area (TPSA) is 78.5 Å². The Morgan fingerprint density at radius 2 is 1.55 bits per heavy atom. The number of carbonyl (C=O) groups excluding carboxylic acids is 1. The van der Waals surface area contributed by atoms with Crippen molar-refractivity contribution >= 4 is 38.9 Å². The van der Waals surface area contributed by atoms with E-state index in [1.807, 2.05) is 49.4 Å². The second kappa shape index (κ2) is 9.82. The molecule has 2 N–H and O–H groups in total. The van der Waals surface area contributed by atoms with Gasteiger partial charge in [0.2, 0.25) is 10.0 Å². The number of aryl methyl sites for hydroxylation is 1. The van der Waals surface area contributed by atoms with Gasteiger partial charge in [0, 0.05) is 24.8 Å². The Morgan fingerprint density at radius 3 is 2.19 bits per heavy atom. The fraction of sp³-hybridized carbons (Fsp3) is 0.130. The van der Waals surface area contributed by atoms with E-state index in [1.165, 1.54) is 16.4 Å². The van der Waals surface area contributed by atoms with Crippen molar-refractivity contribution in [2.75, 3.05) is 12.4 Å². The Balaban J connectivity index is 1.63. The fourth-order valence-corrected chi connectivity index (χ4v) is 4.35. The quantitative estimate of drug-likeness (QED) is 0.553. The first-order valence-electron chi connectivity index (χ1n) is 9.55. The van der Waals surface area contributed by atoms with Gasteiger partial charge in [0.15, 0.2) is 5.11 Å². The Bertz CT molecular complexity index is 1180. The van der Waals surface area contributed by atoms with E-state index in [0.29, 0.717) is 11.3 Å². The van der Waals surface area contributed by atoms with Gasteiger partial charge in [-0.05, 0) is 60.6 Å². The van der Waals surface area contributed by atoms with E-state index in [-0.39, 0.29) is 22.5 Å². The van der Waals surface area contributed by atoms with E-state index in [2.05, 4.69) is 10.6 Å². The molecular weight excluding hydrogens is 430 g/mol. The van der Waals surface area contributed by atoms with Crippen molar-refractivity contribution in [2.45, 2.75) is 18.4 Å². The average Bonchev–Trinajstić information content (AvgIpc) is 2.75. The first kappa shape index (κ1) is 22.6. The number of nitrogens with one attached hydrogen (secondary N) is 2. The highest BCUT2D eigenvalue weighted by atomic mass is 32.2. The monoisotopic (exact) mass is 453 g/mol. The van der Waals surface area contributed by atoms with E-state index >= 15 is 0 Å². The molecule has 0 aliphatic rings. The molecule has 0 bridgehead atoms. The van der Waals surface area contributed by atoms with Crippen LogP contribution in [0.5, 0.6) is 0 Å². The summed E-state index contributed by atoms with van der Waals surface area (Å²) in [6.07, 6.45) is 0. The lowest BCUT2D eigenvalue weighted by Gasteiger charge is -2.18. The zero-order valence-corrected chi connectivity index (χ0v) is 18.8. The number of sulfonamides is 1. The van der Waals surface area contributed by atoms with Crippen LogP contribution in [-0.2, 0) is 16.6 Å². The van der Waals surface area contributed by atoms with Gasteiger partial charge in [-0.3, -0.25) is 10.1 Å². The number of nitrogens with zero attached hydrogens (tertiary/aromatic N) is 1.